The summed E-state index contributed by atoms with van der Waals surface area (Å²) in [5.74, 6) is 6.27. The highest BCUT2D eigenvalue weighted by Crippen LogP contribution is 2.24. The molecule has 2 aromatic carbocycles. The second-order valence-corrected chi connectivity index (χ2v) is 6.11. The predicted octanol–water partition coefficient (Wildman–Crippen LogP) is 2.88. The molecule has 0 unspecified atom stereocenters. The van der Waals surface area contributed by atoms with Crippen LogP contribution in [0.4, 0.5) is 4.39 Å². The smallest absolute Gasteiger partial charge is 0.337 e. The van der Waals surface area contributed by atoms with E-state index in [1.807, 2.05) is 12.1 Å². The van der Waals surface area contributed by atoms with E-state index in [0.717, 1.165) is 5.56 Å². The van der Waals surface area contributed by atoms with Crippen LogP contribution in [0.3, 0.4) is 0 Å². The van der Waals surface area contributed by atoms with Gasteiger partial charge in [0.25, 0.3) is 0 Å². The van der Waals surface area contributed by atoms with E-state index in [9.17, 15) is 9.18 Å². The lowest BCUT2D eigenvalue weighted by Crippen LogP contribution is -2.11. The minimum atomic E-state index is -0.374. The maximum atomic E-state index is 13.3. The van der Waals surface area contributed by atoms with Crippen LogP contribution in [0.5, 0.6) is 0 Å². The van der Waals surface area contributed by atoms with Gasteiger partial charge in [-0.2, -0.15) is 0 Å². The van der Waals surface area contributed by atoms with Crippen LogP contribution >= 0.6 is 11.8 Å². The largest absolute Gasteiger partial charge is 0.465 e. The van der Waals surface area contributed by atoms with Crippen molar-refractivity contribution in [1.29, 1.82) is 0 Å². The number of carbonyl (C=O) groups is 1. The van der Waals surface area contributed by atoms with Crippen molar-refractivity contribution in [2.24, 2.45) is 0 Å². The molecule has 0 bridgehead atoms. The average Bonchev–Trinajstić information content (AvgIpc) is 3.00. The third-order valence-corrected chi connectivity index (χ3v) is 4.50. The summed E-state index contributed by atoms with van der Waals surface area (Å²) in [5, 5.41) is 8.59. The van der Waals surface area contributed by atoms with Gasteiger partial charge in [-0.1, -0.05) is 36.0 Å². The van der Waals surface area contributed by atoms with Crippen molar-refractivity contribution in [3.05, 3.63) is 65.5 Å². The van der Waals surface area contributed by atoms with Gasteiger partial charge in [-0.05, 0) is 29.8 Å². The van der Waals surface area contributed by atoms with Gasteiger partial charge in [-0.3, -0.25) is 0 Å². The fourth-order valence-corrected chi connectivity index (χ4v) is 3.02. The molecule has 2 N–H and O–H groups in total. The maximum Gasteiger partial charge on any atom is 0.337 e. The van der Waals surface area contributed by atoms with Gasteiger partial charge >= 0.3 is 5.97 Å². The molecule has 1 heterocycles. The monoisotopic (exact) mass is 358 g/mol. The number of rotatable bonds is 5. The van der Waals surface area contributed by atoms with E-state index in [0.29, 0.717) is 27.9 Å². The Hall–Kier alpha value is -2.87. The number of esters is 1. The highest BCUT2D eigenvalue weighted by atomic mass is 32.2. The van der Waals surface area contributed by atoms with E-state index in [2.05, 4.69) is 14.9 Å². The molecule has 0 amide bonds. The van der Waals surface area contributed by atoms with Gasteiger partial charge in [0, 0.05) is 11.3 Å². The van der Waals surface area contributed by atoms with Crippen molar-refractivity contribution in [1.82, 2.24) is 14.9 Å². The third-order valence-electron chi connectivity index (χ3n) is 3.49. The number of hydrogen-bond donors (Lipinski definition) is 1. The van der Waals surface area contributed by atoms with Crippen LogP contribution in [0.15, 0.2) is 53.7 Å². The van der Waals surface area contributed by atoms with Gasteiger partial charge in [-0.15, -0.1) is 10.2 Å². The lowest BCUT2D eigenvalue weighted by molar-refractivity contribution is 0.0600. The molecule has 0 spiro atoms. The Morgan fingerprint density at radius 3 is 2.68 bits per heavy atom. The molecule has 128 valence electrons. The molecule has 25 heavy (non-hydrogen) atoms. The van der Waals surface area contributed by atoms with Crippen molar-refractivity contribution in [3.63, 3.8) is 0 Å². The molecular weight excluding hydrogens is 343 g/mol. The Bertz CT molecular complexity index is 896. The van der Waals surface area contributed by atoms with Crippen molar-refractivity contribution >= 4 is 17.7 Å². The SMILES string of the molecule is COC(=O)c1ccc(CSc2nnc(-c3cccc(F)c3)n2N)cc1. The fourth-order valence-electron chi connectivity index (χ4n) is 2.20. The Kier molecular flexibility index (Phi) is 4.99. The maximum absolute atomic E-state index is 13.3. The summed E-state index contributed by atoms with van der Waals surface area (Å²) < 4.78 is 19.3. The summed E-state index contributed by atoms with van der Waals surface area (Å²) in [5.41, 5.74) is 2.05. The molecule has 0 saturated carbocycles. The molecular formula is C17H15FN4O2S. The highest BCUT2D eigenvalue weighted by Gasteiger charge is 2.13. The molecule has 0 atom stereocenters. The van der Waals surface area contributed by atoms with E-state index in [-0.39, 0.29) is 11.8 Å². The van der Waals surface area contributed by atoms with Crippen LogP contribution in [-0.2, 0) is 10.5 Å². The Morgan fingerprint density at radius 1 is 1.24 bits per heavy atom. The Morgan fingerprint density at radius 2 is 2.00 bits per heavy atom. The van der Waals surface area contributed by atoms with Crippen LogP contribution in [0.1, 0.15) is 15.9 Å². The second-order valence-electron chi connectivity index (χ2n) is 5.16. The molecule has 3 aromatic rings. The summed E-state index contributed by atoms with van der Waals surface area (Å²) in [6.45, 7) is 0. The summed E-state index contributed by atoms with van der Waals surface area (Å²) in [6, 6.07) is 13.1. The van der Waals surface area contributed by atoms with E-state index in [1.165, 1.54) is 35.7 Å². The number of methoxy groups -OCH3 is 1. The number of nitrogen functional groups attached to an aromatic ring is 1. The first-order valence-corrected chi connectivity index (χ1v) is 8.33. The lowest BCUT2D eigenvalue weighted by atomic mass is 10.1. The van der Waals surface area contributed by atoms with E-state index >= 15 is 0 Å². The zero-order chi connectivity index (χ0) is 17.8. The predicted molar refractivity (Wildman–Crippen MR) is 92.9 cm³/mol. The molecule has 0 aliphatic rings. The van der Waals surface area contributed by atoms with E-state index in [4.69, 9.17) is 5.84 Å². The number of ether oxygens (including phenoxy) is 1. The first kappa shape index (κ1) is 17.0. The van der Waals surface area contributed by atoms with Gasteiger partial charge in [-0.25, -0.2) is 13.9 Å². The van der Waals surface area contributed by atoms with Crippen molar-refractivity contribution in [3.8, 4) is 11.4 Å². The third kappa shape index (κ3) is 3.80. The molecule has 8 heteroatoms. The molecule has 0 fully saturated rings. The zero-order valence-electron chi connectivity index (χ0n) is 13.3. The minimum absolute atomic E-state index is 0.361. The summed E-state index contributed by atoms with van der Waals surface area (Å²) in [4.78, 5) is 11.4. The molecule has 1 aromatic heterocycles. The van der Waals surface area contributed by atoms with Crippen LogP contribution in [0.25, 0.3) is 11.4 Å². The quantitative estimate of drug-likeness (QED) is 0.429. The number of benzene rings is 2. The van der Waals surface area contributed by atoms with E-state index < -0.39 is 0 Å². The molecule has 0 aliphatic heterocycles. The standard InChI is InChI=1S/C17H15FN4O2S/c1-24-16(23)12-7-5-11(6-8-12)10-25-17-21-20-15(22(17)19)13-3-2-4-14(18)9-13/h2-9H,10,19H2,1H3. The first-order chi connectivity index (χ1) is 12.1. The Labute approximate surface area is 147 Å². The number of nitrogens with zero attached hydrogens (tertiary/aromatic N) is 3. The number of hydrogen-bond acceptors (Lipinski definition) is 6. The van der Waals surface area contributed by atoms with Crippen LogP contribution in [0, 0.1) is 5.82 Å². The van der Waals surface area contributed by atoms with Crippen molar-refractivity contribution < 1.29 is 13.9 Å². The normalized spacial score (nSPS) is 10.6. The zero-order valence-corrected chi connectivity index (χ0v) is 14.2. The number of carbonyl (C=O) groups excluding carboxylic acids is 1. The van der Waals surface area contributed by atoms with Gasteiger partial charge in [0.2, 0.25) is 5.16 Å². The molecule has 0 aliphatic carbocycles. The number of thioether (sulfide) groups is 1. The van der Waals surface area contributed by atoms with Crippen molar-refractivity contribution in [2.45, 2.75) is 10.9 Å². The Balaban J connectivity index is 1.71. The molecule has 3 rings (SSSR count). The summed E-state index contributed by atoms with van der Waals surface area (Å²) in [6.07, 6.45) is 0. The fraction of sp³-hybridized carbons (Fsp3) is 0.118. The van der Waals surface area contributed by atoms with Crippen LogP contribution < -0.4 is 5.84 Å². The highest BCUT2D eigenvalue weighted by molar-refractivity contribution is 7.98. The first-order valence-electron chi connectivity index (χ1n) is 7.35. The second kappa shape index (κ2) is 7.35. The lowest BCUT2D eigenvalue weighted by Gasteiger charge is -2.05. The van der Waals surface area contributed by atoms with Crippen LogP contribution in [0.2, 0.25) is 0 Å². The summed E-state index contributed by atoms with van der Waals surface area (Å²) in [7, 11) is 1.34. The topological polar surface area (TPSA) is 83.0 Å². The molecule has 0 saturated heterocycles. The minimum Gasteiger partial charge on any atom is -0.465 e. The van der Waals surface area contributed by atoms with Gasteiger partial charge in [0.15, 0.2) is 5.82 Å². The van der Waals surface area contributed by atoms with Gasteiger partial charge in [0.05, 0.1) is 12.7 Å². The van der Waals surface area contributed by atoms with Crippen LogP contribution in [-0.4, -0.2) is 28.0 Å². The molecule has 6 nitrogen and oxygen atoms in total. The number of nitrogens with two attached hydrogens (primary N) is 1. The van der Waals surface area contributed by atoms with Gasteiger partial charge in [0.1, 0.15) is 5.82 Å². The van der Waals surface area contributed by atoms with Gasteiger partial charge < -0.3 is 10.6 Å². The number of aromatic nitrogens is 3. The van der Waals surface area contributed by atoms with E-state index in [1.54, 1.807) is 24.3 Å². The number of halogens is 1. The summed E-state index contributed by atoms with van der Waals surface area (Å²) >= 11 is 1.39. The average molecular weight is 358 g/mol. The molecule has 0 radical (unpaired) electrons. The van der Waals surface area contributed by atoms with Crippen molar-refractivity contribution in [2.75, 3.05) is 13.0 Å².